The van der Waals surface area contributed by atoms with Gasteiger partial charge in [0.25, 0.3) is 0 Å². The minimum atomic E-state index is -0.522. The molecule has 0 N–H and O–H groups in total. The normalized spacial score (nSPS) is 10.0. The molecular weight excluding hydrogens is 268 g/mol. The molecule has 0 saturated heterocycles. The van der Waals surface area contributed by atoms with Crippen molar-refractivity contribution in [3.8, 4) is 0 Å². The lowest BCUT2D eigenvalue weighted by atomic mass is 10.1. The summed E-state index contributed by atoms with van der Waals surface area (Å²) in [6.45, 7) is 3.45. The second kappa shape index (κ2) is 6.70. The van der Waals surface area contributed by atoms with Gasteiger partial charge in [0, 0.05) is 0 Å². The van der Waals surface area contributed by atoms with Crippen molar-refractivity contribution in [2.24, 2.45) is 0 Å². The van der Waals surface area contributed by atoms with Gasteiger partial charge in [-0.15, -0.1) is 0 Å². The third-order valence-corrected chi connectivity index (χ3v) is 2.95. The highest BCUT2D eigenvalue weighted by Crippen LogP contribution is 2.07. The highest BCUT2D eigenvalue weighted by Gasteiger charge is 2.10. The first-order chi connectivity index (χ1) is 10.1. The second-order valence-corrected chi connectivity index (χ2v) is 4.71. The number of carbonyl (C=O) groups excluding carboxylic acids is 2. The Kier molecular flexibility index (Phi) is 4.72. The van der Waals surface area contributed by atoms with E-state index < -0.39 is 18.7 Å². The van der Waals surface area contributed by atoms with E-state index in [0.717, 1.165) is 11.1 Å². The molecule has 2 rings (SSSR count). The number of rotatable bonds is 4. The molecular formula is C17H16O4. The van der Waals surface area contributed by atoms with Crippen LogP contribution in [0.2, 0.25) is 0 Å². The minimum Gasteiger partial charge on any atom is -0.424 e. The summed E-state index contributed by atoms with van der Waals surface area (Å²) in [5.41, 5.74) is 2.95. The van der Waals surface area contributed by atoms with Gasteiger partial charge in [-0.2, -0.15) is 0 Å². The van der Waals surface area contributed by atoms with E-state index in [9.17, 15) is 9.59 Å². The Bertz CT molecular complexity index is 569. The highest BCUT2D eigenvalue weighted by molar-refractivity contribution is 5.90. The predicted molar refractivity (Wildman–Crippen MR) is 78.1 cm³/mol. The first kappa shape index (κ1) is 14.8. The van der Waals surface area contributed by atoms with Crippen LogP contribution in [0.4, 0.5) is 0 Å². The molecule has 0 aliphatic carbocycles. The maximum absolute atomic E-state index is 11.7. The van der Waals surface area contributed by atoms with E-state index in [1.54, 1.807) is 24.3 Å². The van der Waals surface area contributed by atoms with Crippen molar-refractivity contribution in [3.63, 3.8) is 0 Å². The van der Waals surface area contributed by atoms with Gasteiger partial charge < -0.3 is 9.47 Å². The van der Waals surface area contributed by atoms with Gasteiger partial charge in [-0.1, -0.05) is 35.4 Å². The quantitative estimate of drug-likeness (QED) is 0.638. The third-order valence-electron chi connectivity index (χ3n) is 2.95. The fourth-order valence-corrected chi connectivity index (χ4v) is 1.68. The van der Waals surface area contributed by atoms with Crippen LogP contribution in [-0.2, 0) is 9.47 Å². The summed E-state index contributed by atoms with van der Waals surface area (Å²) < 4.78 is 9.80. The average Bonchev–Trinajstić information content (AvgIpc) is 2.48. The maximum atomic E-state index is 11.7. The Morgan fingerprint density at radius 2 is 1.05 bits per heavy atom. The van der Waals surface area contributed by atoms with Crippen LogP contribution in [0.1, 0.15) is 31.8 Å². The smallest absolute Gasteiger partial charge is 0.340 e. The lowest BCUT2D eigenvalue weighted by molar-refractivity contribution is -0.0167. The van der Waals surface area contributed by atoms with Crippen LogP contribution in [0, 0.1) is 13.8 Å². The van der Waals surface area contributed by atoms with Gasteiger partial charge in [0.2, 0.25) is 6.79 Å². The van der Waals surface area contributed by atoms with E-state index in [4.69, 9.17) is 9.47 Å². The number of benzene rings is 2. The van der Waals surface area contributed by atoms with Gasteiger partial charge in [0.1, 0.15) is 0 Å². The van der Waals surface area contributed by atoms with E-state index in [2.05, 4.69) is 0 Å². The number of carbonyl (C=O) groups is 2. The lowest BCUT2D eigenvalue weighted by Gasteiger charge is -2.06. The molecule has 0 heterocycles. The minimum absolute atomic E-state index is 0.403. The summed E-state index contributed by atoms with van der Waals surface area (Å²) in [6.07, 6.45) is 0. The van der Waals surface area contributed by atoms with Crippen LogP contribution in [0.3, 0.4) is 0 Å². The van der Waals surface area contributed by atoms with Gasteiger partial charge in [0.05, 0.1) is 11.1 Å². The monoisotopic (exact) mass is 284 g/mol. The molecule has 2 aromatic rings. The number of ether oxygens (including phenoxy) is 2. The fraction of sp³-hybridized carbons (Fsp3) is 0.176. The molecule has 21 heavy (non-hydrogen) atoms. The molecule has 0 radical (unpaired) electrons. The summed E-state index contributed by atoms with van der Waals surface area (Å²) in [4.78, 5) is 23.4. The summed E-state index contributed by atoms with van der Waals surface area (Å²) in [5.74, 6) is -1.04. The number of hydrogen-bond donors (Lipinski definition) is 0. The molecule has 0 spiro atoms. The van der Waals surface area contributed by atoms with Crippen molar-refractivity contribution in [3.05, 3.63) is 70.8 Å². The fourth-order valence-electron chi connectivity index (χ4n) is 1.68. The number of esters is 2. The summed E-state index contributed by atoms with van der Waals surface area (Å²) in [7, 11) is 0. The molecule has 0 unspecified atom stereocenters. The zero-order chi connectivity index (χ0) is 15.2. The van der Waals surface area contributed by atoms with Crippen LogP contribution in [0.15, 0.2) is 48.5 Å². The first-order valence-electron chi connectivity index (χ1n) is 6.54. The van der Waals surface area contributed by atoms with Crippen molar-refractivity contribution in [2.45, 2.75) is 13.8 Å². The number of hydrogen-bond acceptors (Lipinski definition) is 4. The highest BCUT2D eigenvalue weighted by atomic mass is 16.7. The Morgan fingerprint density at radius 1 is 0.714 bits per heavy atom. The van der Waals surface area contributed by atoms with Crippen LogP contribution < -0.4 is 0 Å². The molecule has 108 valence electrons. The SMILES string of the molecule is Cc1ccc(C(=O)OCOC(=O)c2ccc(C)cc2)cc1. The molecule has 0 fully saturated rings. The van der Waals surface area contributed by atoms with Gasteiger partial charge >= 0.3 is 11.9 Å². The largest absolute Gasteiger partial charge is 0.424 e. The van der Waals surface area contributed by atoms with Crippen molar-refractivity contribution in [2.75, 3.05) is 6.79 Å². The molecule has 4 heteroatoms. The van der Waals surface area contributed by atoms with E-state index in [1.807, 2.05) is 38.1 Å². The van der Waals surface area contributed by atoms with Gasteiger partial charge in [-0.25, -0.2) is 9.59 Å². The first-order valence-corrected chi connectivity index (χ1v) is 6.54. The van der Waals surface area contributed by atoms with Gasteiger partial charge in [-0.3, -0.25) is 0 Å². The Labute approximate surface area is 123 Å². The molecule has 4 nitrogen and oxygen atoms in total. The van der Waals surface area contributed by atoms with Gasteiger partial charge in [0.15, 0.2) is 0 Å². The van der Waals surface area contributed by atoms with Crippen LogP contribution in [0.25, 0.3) is 0 Å². The van der Waals surface area contributed by atoms with E-state index in [0.29, 0.717) is 11.1 Å². The standard InChI is InChI=1S/C17H16O4/c1-12-3-7-14(8-4-12)16(18)20-11-21-17(19)15-9-5-13(2)6-10-15/h3-10H,11H2,1-2H3. The predicted octanol–water partition coefficient (Wildman–Crippen LogP) is 3.27. The topological polar surface area (TPSA) is 52.6 Å². The van der Waals surface area contributed by atoms with Crippen LogP contribution >= 0.6 is 0 Å². The molecule has 0 aliphatic rings. The van der Waals surface area contributed by atoms with Crippen molar-refractivity contribution < 1.29 is 19.1 Å². The van der Waals surface area contributed by atoms with Crippen LogP contribution in [0.5, 0.6) is 0 Å². The molecule has 0 aromatic heterocycles. The van der Waals surface area contributed by atoms with Crippen molar-refractivity contribution >= 4 is 11.9 Å². The maximum Gasteiger partial charge on any atom is 0.340 e. The Balaban J connectivity index is 1.83. The van der Waals surface area contributed by atoms with Gasteiger partial charge in [-0.05, 0) is 38.1 Å². The zero-order valence-corrected chi connectivity index (χ0v) is 12.0. The van der Waals surface area contributed by atoms with E-state index in [1.165, 1.54) is 0 Å². The third kappa shape index (κ3) is 4.18. The molecule has 0 saturated carbocycles. The molecule has 0 atom stereocenters. The van der Waals surface area contributed by atoms with E-state index >= 15 is 0 Å². The molecule has 0 bridgehead atoms. The molecule has 0 aliphatic heterocycles. The molecule has 0 amide bonds. The van der Waals surface area contributed by atoms with Crippen molar-refractivity contribution in [1.29, 1.82) is 0 Å². The average molecular weight is 284 g/mol. The van der Waals surface area contributed by atoms with Crippen molar-refractivity contribution in [1.82, 2.24) is 0 Å². The van der Waals surface area contributed by atoms with E-state index in [-0.39, 0.29) is 0 Å². The summed E-state index contributed by atoms with van der Waals surface area (Å²) >= 11 is 0. The lowest BCUT2D eigenvalue weighted by Crippen LogP contribution is -2.13. The Hall–Kier alpha value is -2.62. The Morgan fingerprint density at radius 3 is 1.38 bits per heavy atom. The number of aryl methyl sites for hydroxylation is 2. The molecule has 2 aromatic carbocycles. The summed E-state index contributed by atoms with van der Waals surface area (Å²) in [6, 6.07) is 13.9. The zero-order valence-electron chi connectivity index (χ0n) is 12.0. The second-order valence-electron chi connectivity index (χ2n) is 4.71. The van der Waals surface area contributed by atoms with Crippen LogP contribution in [-0.4, -0.2) is 18.7 Å². The summed E-state index contributed by atoms with van der Waals surface area (Å²) in [5, 5.41) is 0.